The zero-order valence-corrected chi connectivity index (χ0v) is 14.5. The first-order chi connectivity index (χ1) is 12.3. The van der Waals surface area contributed by atoms with Crippen LogP contribution in [0.25, 0.3) is 10.8 Å². The van der Waals surface area contributed by atoms with Crippen LogP contribution >= 0.6 is 11.3 Å². The van der Waals surface area contributed by atoms with E-state index in [1.807, 2.05) is 24.3 Å². The third-order valence-corrected chi connectivity index (χ3v) is 4.50. The molecule has 3 aromatic rings. The van der Waals surface area contributed by atoms with Gasteiger partial charge >= 0.3 is 6.18 Å². The summed E-state index contributed by atoms with van der Waals surface area (Å²) in [6.07, 6.45) is -5.76. The summed E-state index contributed by atoms with van der Waals surface area (Å²) in [7, 11) is 0. The number of benzene rings is 2. The smallest absolute Gasteiger partial charge is 0.289 e. The summed E-state index contributed by atoms with van der Waals surface area (Å²) in [5, 5.41) is 8.06. The SMILES string of the molecule is Cc1csc(N/N=C(/CC(=O)C(F)(F)F)c2ccc3ccccc3c2)n1. The molecule has 0 bridgehead atoms. The molecule has 0 unspecified atom stereocenters. The van der Waals surface area contributed by atoms with E-state index in [-0.39, 0.29) is 5.71 Å². The molecule has 26 heavy (non-hydrogen) atoms. The molecule has 2 aromatic carbocycles. The average molecular weight is 377 g/mol. The van der Waals surface area contributed by atoms with Gasteiger partial charge in [-0.15, -0.1) is 11.3 Å². The highest BCUT2D eigenvalue weighted by atomic mass is 32.1. The van der Waals surface area contributed by atoms with Crippen LogP contribution in [-0.2, 0) is 4.79 Å². The van der Waals surface area contributed by atoms with E-state index in [0.717, 1.165) is 16.5 Å². The van der Waals surface area contributed by atoms with Gasteiger partial charge in [-0.05, 0) is 29.3 Å². The van der Waals surface area contributed by atoms with Gasteiger partial charge in [-0.3, -0.25) is 10.2 Å². The lowest BCUT2D eigenvalue weighted by Gasteiger charge is -2.10. The quantitative estimate of drug-likeness (QED) is 0.506. The fourth-order valence-corrected chi connectivity index (χ4v) is 2.98. The number of ketones is 1. The molecule has 0 aliphatic heterocycles. The summed E-state index contributed by atoms with van der Waals surface area (Å²) in [5.41, 5.74) is 3.87. The van der Waals surface area contributed by atoms with E-state index in [1.165, 1.54) is 11.3 Å². The second-order valence-corrected chi connectivity index (χ2v) is 6.48. The van der Waals surface area contributed by atoms with Gasteiger partial charge in [-0.1, -0.05) is 36.4 Å². The third-order valence-electron chi connectivity index (χ3n) is 3.63. The van der Waals surface area contributed by atoms with Gasteiger partial charge in [0.15, 0.2) is 0 Å². The minimum Gasteiger partial charge on any atom is -0.289 e. The van der Waals surface area contributed by atoms with Crippen LogP contribution in [0.4, 0.5) is 18.3 Å². The summed E-state index contributed by atoms with van der Waals surface area (Å²) < 4.78 is 38.1. The zero-order chi connectivity index (χ0) is 18.7. The predicted octanol–water partition coefficient (Wildman–Crippen LogP) is 4.94. The third kappa shape index (κ3) is 4.26. The minimum absolute atomic E-state index is 0.00549. The van der Waals surface area contributed by atoms with Crippen LogP contribution in [0.15, 0.2) is 52.9 Å². The van der Waals surface area contributed by atoms with Crippen molar-refractivity contribution in [1.29, 1.82) is 0 Å². The molecule has 1 N–H and O–H groups in total. The molecule has 0 radical (unpaired) electrons. The van der Waals surface area contributed by atoms with Crippen molar-refractivity contribution in [1.82, 2.24) is 4.98 Å². The number of aryl methyl sites for hydroxylation is 1. The van der Waals surface area contributed by atoms with Crippen molar-refractivity contribution in [3.8, 4) is 0 Å². The minimum atomic E-state index is -4.91. The topological polar surface area (TPSA) is 54.4 Å². The van der Waals surface area contributed by atoms with E-state index in [2.05, 4.69) is 15.5 Å². The van der Waals surface area contributed by atoms with Crippen LogP contribution in [0.1, 0.15) is 17.7 Å². The van der Waals surface area contributed by atoms with Crippen molar-refractivity contribution < 1.29 is 18.0 Å². The molecule has 3 rings (SSSR count). The number of hydrogen-bond acceptors (Lipinski definition) is 5. The van der Waals surface area contributed by atoms with E-state index >= 15 is 0 Å². The molecule has 1 heterocycles. The molecule has 0 amide bonds. The molecule has 8 heteroatoms. The Balaban J connectivity index is 1.96. The van der Waals surface area contributed by atoms with Gasteiger partial charge in [-0.2, -0.15) is 18.3 Å². The van der Waals surface area contributed by atoms with Gasteiger partial charge in [0.05, 0.1) is 17.8 Å². The molecule has 0 fully saturated rings. The lowest BCUT2D eigenvalue weighted by Crippen LogP contribution is -2.26. The number of nitrogens with one attached hydrogen (secondary N) is 1. The number of rotatable bonds is 5. The lowest BCUT2D eigenvalue weighted by atomic mass is 10.0. The maximum Gasteiger partial charge on any atom is 0.450 e. The number of Topliss-reactive ketones (excluding diaryl/α,β-unsaturated/α-hetero) is 1. The van der Waals surface area contributed by atoms with E-state index in [1.54, 1.807) is 30.5 Å². The maximum absolute atomic E-state index is 12.7. The Morgan fingerprint density at radius 2 is 1.92 bits per heavy atom. The number of halogens is 3. The van der Waals surface area contributed by atoms with Crippen LogP contribution in [0.5, 0.6) is 0 Å². The van der Waals surface area contributed by atoms with Crippen molar-refractivity contribution in [2.75, 3.05) is 5.43 Å². The molecule has 0 aliphatic rings. The van der Waals surface area contributed by atoms with Crippen LogP contribution < -0.4 is 5.43 Å². The number of alkyl halides is 3. The summed E-state index contributed by atoms with van der Waals surface area (Å²) in [6, 6.07) is 12.6. The van der Waals surface area contributed by atoms with Crippen LogP contribution in [0.2, 0.25) is 0 Å². The summed E-state index contributed by atoms with van der Waals surface area (Å²) >= 11 is 1.28. The zero-order valence-electron chi connectivity index (χ0n) is 13.7. The van der Waals surface area contributed by atoms with Crippen molar-refractivity contribution >= 4 is 38.7 Å². The average Bonchev–Trinajstić information content (AvgIpc) is 3.02. The van der Waals surface area contributed by atoms with E-state index in [4.69, 9.17) is 0 Å². The Morgan fingerprint density at radius 1 is 1.19 bits per heavy atom. The van der Waals surface area contributed by atoms with Gasteiger partial charge in [0.1, 0.15) is 0 Å². The number of carbonyl (C=O) groups excluding carboxylic acids is 1. The molecule has 134 valence electrons. The molecular formula is C18H14F3N3OS. The number of nitrogens with zero attached hydrogens (tertiary/aromatic N) is 2. The number of hydrogen-bond donors (Lipinski definition) is 1. The Hall–Kier alpha value is -2.74. The number of fused-ring (bicyclic) bond motifs is 1. The lowest BCUT2D eigenvalue weighted by molar-refractivity contribution is -0.169. The molecule has 0 spiro atoms. The van der Waals surface area contributed by atoms with Gasteiger partial charge < -0.3 is 0 Å². The van der Waals surface area contributed by atoms with Crippen LogP contribution in [0, 0.1) is 6.92 Å². The van der Waals surface area contributed by atoms with Crippen LogP contribution in [0.3, 0.4) is 0 Å². The highest BCUT2D eigenvalue weighted by Gasteiger charge is 2.38. The first-order valence-corrected chi connectivity index (χ1v) is 8.55. The summed E-state index contributed by atoms with van der Waals surface area (Å²) in [6.45, 7) is 1.79. The molecule has 4 nitrogen and oxygen atoms in total. The van der Waals surface area contributed by atoms with Gasteiger partial charge in [0, 0.05) is 5.38 Å². The predicted molar refractivity (Wildman–Crippen MR) is 96.6 cm³/mol. The number of thiazole rings is 1. The van der Waals surface area contributed by atoms with Crippen molar-refractivity contribution in [2.24, 2.45) is 5.10 Å². The number of anilines is 1. The van der Waals surface area contributed by atoms with Crippen molar-refractivity contribution in [3.63, 3.8) is 0 Å². The van der Waals surface area contributed by atoms with Crippen molar-refractivity contribution in [3.05, 3.63) is 59.1 Å². The fourth-order valence-electron chi connectivity index (χ4n) is 2.35. The summed E-state index contributed by atoms with van der Waals surface area (Å²) in [4.78, 5) is 15.6. The molecule has 1 aromatic heterocycles. The molecule has 0 atom stereocenters. The monoisotopic (exact) mass is 377 g/mol. The highest BCUT2D eigenvalue weighted by Crippen LogP contribution is 2.22. The van der Waals surface area contributed by atoms with E-state index in [0.29, 0.717) is 10.7 Å². The Labute approximate surface area is 151 Å². The Morgan fingerprint density at radius 3 is 2.58 bits per heavy atom. The summed E-state index contributed by atoms with van der Waals surface area (Å²) in [5.74, 6) is -1.85. The normalized spacial score (nSPS) is 12.4. The first-order valence-electron chi connectivity index (χ1n) is 7.67. The van der Waals surface area contributed by atoms with E-state index < -0.39 is 18.4 Å². The van der Waals surface area contributed by atoms with Gasteiger partial charge in [0.2, 0.25) is 10.9 Å². The molecular weight excluding hydrogens is 363 g/mol. The van der Waals surface area contributed by atoms with Crippen LogP contribution in [-0.4, -0.2) is 22.7 Å². The maximum atomic E-state index is 12.7. The standard InChI is InChI=1S/C18H14F3N3OS/c1-11-10-26-17(22-11)24-23-15(9-16(25)18(19,20)21)14-7-6-12-4-2-3-5-13(12)8-14/h2-8,10H,9H2,1H3,(H,22,24)/b23-15-. The second kappa shape index (κ2) is 7.25. The Kier molecular flexibility index (Phi) is 5.03. The number of aromatic nitrogens is 1. The van der Waals surface area contributed by atoms with Gasteiger partial charge in [-0.25, -0.2) is 4.98 Å². The van der Waals surface area contributed by atoms with Crippen molar-refractivity contribution in [2.45, 2.75) is 19.5 Å². The second-order valence-electron chi connectivity index (χ2n) is 5.62. The van der Waals surface area contributed by atoms with E-state index in [9.17, 15) is 18.0 Å². The Bertz CT molecular complexity index is 979. The molecule has 0 saturated heterocycles. The fraction of sp³-hybridized carbons (Fsp3) is 0.167. The molecule has 0 aliphatic carbocycles. The van der Waals surface area contributed by atoms with Gasteiger partial charge in [0.25, 0.3) is 0 Å². The largest absolute Gasteiger partial charge is 0.450 e. The molecule has 0 saturated carbocycles. The highest BCUT2D eigenvalue weighted by molar-refractivity contribution is 7.13. The first kappa shape index (κ1) is 18.1. The number of hydrazone groups is 1. The number of carbonyl (C=O) groups is 1.